The average molecular weight is 393 g/mol. The van der Waals surface area contributed by atoms with Crippen molar-refractivity contribution >= 4 is 62.0 Å². The Morgan fingerprint density at radius 1 is 1.28 bits per heavy atom. The lowest BCUT2D eigenvalue weighted by molar-refractivity contribution is -0.121. The predicted octanol–water partition coefficient (Wildman–Crippen LogP) is 4.55. The van der Waals surface area contributed by atoms with E-state index in [9.17, 15) is 4.79 Å². The Kier molecular flexibility index (Phi) is 5.53. The van der Waals surface area contributed by atoms with Crippen LogP contribution < -0.4 is 10.7 Å². The van der Waals surface area contributed by atoms with Gasteiger partial charge in [-0.15, -0.1) is 0 Å². The van der Waals surface area contributed by atoms with Crippen molar-refractivity contribution in [2.24, 2.45) is 5.10 Å². The van der Waals surface area contributed by atoms with Gasteiger partial charge in [0.2, 0.25) is 0 Å². The molecule has 0 aliphatic heterocycles. The van der Waals surface area contributed by atoms with Crippen molar-refractivity contribution in [2.75, 3.05) is 5.32 Å². The van der Waals surface area contributed by atoms with Gasteiger partial charge in [-0.3, -0.25) is 4.79 Å². The summed E-state index contributed by atoms with van der Waals surface area (Å²) >= 11 is 13.4. The van der Waals surface area contributed by atoms with Crippen LogP contribution in [-0.2, 0) is 4.79 Å². The highest BCUT2D eigenvalue weighted by molar-refractivity contribution is 7.22. The minimum Gasteiger partial charge on any atom is -0.350 e. The summed E-state index contributed by atoms with van der Waals surface area (Å²) in [6.07, 6.45) is 1.47. The Morgan fingerprint density at radius 2 is 2.08 bits per heavy atom. The zero-order valence-corrected chi connectivity index (χ0v) is 15.5. The molecule has 1 atom stereocenters. The summed E-state index contributed by atoms with van der Waals surface area (Å²) in [5, 5.41) is 8.70. The summed E-state index contributed by atoms with van der Waals surface area (Å²) in [4.78, 5) is 16.6. The van der Waals surface area contributed by atoms with Crippen LogP contribution in [0.1, 0.15) is 12.5 Å². The number of nitrogens with zero attached hydrogens (tertiary/aromatic N) is 2. The van der Waals surface area contributed by atoms with Gasteiger partial charge in [0.1, 0.15) is 6.04 Å². The second-order valence-corrected chi connectivity index (χ2v) is 7.13. The zero-order valence-electron chi connectivity index (χ0n) is 13.2. The van der Waals surface area contributed by atoms with Crippen molar-refractivity contribution in [3.63, 3.8) is 0 Å². The van der Waals surface area contributed by atoms with E-state index in [1.807, 2.05) is 24.3 Å². The van der Waals surface area contributed by atoms with E-state index in [1.165, 1.54) is 17.6 Å². The van der Waals surface area contributed by atoms with Crippen LogP contribution in [-0.4, -0.2) is 23.1 Å². The highest BCUT2D eigenvalue weighted by Crippen LogP contribution is 2.25. The Balaban J connectivity index is 1.59. The van der Waals surface area contributed by atoms with Gasteiger partial charge in [-0.25, -0.2) is 10.4 Å². The molecule has 0 radical (unpaired) electrons. The lowest BCUT2D eigenvalue weighted by Gasteiger charge is -2.10. The number of hydrogen-bond donors (Lipinski definition) is 2. The van der Waals surface area contributed by atoms with Crippen molar-refractivity contribution in [1.82, 2.24) is 10.4 Å². The predicted molar refractivity (Wildman–Crippen MR) is 105 cm³/mol. The van der Waals surface area contributed by atoms with Gasteiger partial charge >= 0.3 is 0 Å². The quantitative estimate of drug-likeness (QED) is 0.494. The van der Waals surface area contributed by atoms with Gasteiger partial charge in [-0.1, -0.05) is 52.7 Å². The first-order chi connectivity index (χ1) is 12.0. The standard InChI is InChI=1S/C17H14Cl2N4OS/c1-10(21-17-22-14-4-2-3-5-15(14)25-17)16(24)23-20-9-11-6-7-12(18)8-13(11)19/h2-10H,1H3,(H,21,22)(H,23,24)/b20-9-/t10-/m0/s1. The van der Waals surface area contributed by atoms with Crippen LogP contribution in [0.5, 0.6) is 0 Å². The third kappa shape index (κ3) is 4.48. The second-order valence-electron chi connectivity index (χ2n) is 5.25. The molecular weight excluding hydrogens is 379 g/mol. The number of fused-ring (bicyclic) bond motifs is 1. The number of amides is 1. The highest BCUT2D eigenvalue weighted by atomic mass is 35.5. The Labute approximate surface area is 158 Å². The molecule has 0 fully saturated rings. The topological polar surface area (TPSA) is 66.4 Å². The molecule has 2 aromatic carbocycles. The number of anilines is 1. The number of carbonyl (C=O) groups excluding carboxylic acids is 1. The fourth-order valence-electron chi connectivity index (χ4n) is 2.05. The van der Waals surface area contributed by atoms with E-state index >= 15 is 0 Å². The molecule has 5 nitrogen and oxygen atoms in total. The van der Waals surface area contributed by atoms with Crippen LogP contribution in [0, 0.1) is 0 Å². The first kappa shape index (κ1) is 17.7. The number of benzene rings is 2. The molecule has 1 heterocycles. The molecule has 0 unspecified atom stereocenters. The number of nitrogens with one attached hydrogen (secondary N) is 2. The van der Waals surface area contributed by atoms with Gasteiger partial charge in [0.05, 0.1) is 21.5 Å². The molecule has 128 valence electrons. The molecule has 0 saturated carbocycles. The molecule has 1 aromatic heterocycles. The van der Waals surface area contributed by atoms with Crippen molar-refractivity contribution < 1.29 is 4.79 Å². The molecule has 0 spiro atoms. The second kappa shape index (κ2) is 7.82. The molecule has 0 saturated heterocycles. The highest BCUT2D eigenvalue weighted by Gasteiger charge is 2.14. The fourth-order valence-corrected chi connectivity index (χ4v) is 3.46. The Morgan fingerprint density at radius 3 is 2.84 bits per heavy atom. The minimum atomic E-state index is -0.488. The molecule has 0 aliphatic carbocycles. The summed E-state index contributed by atoms with van der Waals surface area (Å²) in [7, 11) is 0. The van der Waals surface area contributed by atoms with Crippen LogP contribution in [0.2, 0.25) is 10.0 Å². The third-order valence-electron chi connectivity index (χ3n) is 3.37. The zero-order chi connectivity index (χ0) is 17.8. The molecule has 3 rings (SSSR count). The summed E-state index contributed by atoms with van der Waals surface area (Å²) in [6.45, 7) is 1.74. The molecule has 3 aromatic rings. The Hall–Kier alpha value is -2.15. The first-order valence-electron chi connectivity index (χ1n) is 7.43. The van der Waals surface area contributed by atoms with E-state index in [2.05, 4.69) is 20.8 Å². The van der Waals surface area contributed by atoms with Gasteiger partial charge in [0, 0.05) is 10.6 Å². The van der Waals surface area contributed by atoms with Crippen molar-refractivity contribution in [1.29, 1.82) is 0 Å². The number of thiazole rings is 1. The van der Waals surface area contributed by atoms with Crippen molar-refractivity contribution in [2.45, 2.75) is 13.0 Å². The van der Waals surface area contributed by atoms with Crippen LogP contribution in [0.4, 0.5) is 5.13 Å². The summed E-state index contributed by atoms with van der Waals surface area (Å²) in [5.41, 5.74) is 4.05. The largest absolute Gasteiger partial charge is 0.350 e. The number of carbonyl (C=O) groups is 1. The summed E-state index contributed by atoms with van der Waals surface area (Å²) in [5.74, 6) is -0.277. The molecule has 0 aliphatic rings. The smallest absolute Gasteiger partial charge is 0.262 e. The van der Waals surface area contributed by atoms with Crippen molar-refractivity contribution in [3.05, 3.63) is 58.1 Å². The fraction of sp³-hybridized carbons (Fsp3) is 0.118. The minimum absolute atomic E-state index is 0.277. The SMILES string of the molecule is C[C@H](Nc1nc2ccccc2s1)C(=O)N/N=C\c1ccc(Cl)cc1Cl. The third-order valence-corrected chi connectivity index (χ3v) is 4.90. The number of aromatic nitrogens is 1. The maximum absolute atomic E-state index is 12.1. The van der Waals surface area contributed by atoms with Gasteiger partial charge in [0.15, 0.2) is 5.13 Å². The molecule has 8 heteroatoms. The number of halogens is 2. The van der Waals surface area contributed by atoms with E-state index in [0.29, 0.717) is 20.7 Å². The van der Waals surface area contributed by atoms with Gasteiger partial charge in [-0.2, -0.15) is 5.10 Å². The van der Waals surface area contributed by atoms with E-state index in [4.69, 9.17) is 23.2 Å². The van der Waals surface area contributed by atoms with Crippen LogP contribution in [0.25, 0.3) is 10.2 Å². The lowest BCUT2D eigenvalue weighted by Crippen LogP contribution is -2.34. The maximum atomic E-state index is 12.1. The van der Waals surface area contributed by atoms with Gasteiger partial charge in [-0.05, 0) is 31.2 Å². The normalized spacial score (nSPS) is 12.4. The summed E-state index contributed by atoms with van der Waals surface area (Å²) < 4.78 is 1.06. The molecule has 1 amide bonds. The van der Waals surface area contributed by atoms with Crippen LogP contribution >= 0.6 is 34.5 Å². The average Bonchev–Trinajstić information content (AvgIpc) is 2.98. The van der Waals surface area contributed by atoms with Crippen LogP contribution in [0.15, 0.2) is 47.6 Å². The number of hydrazone groups is 1. The van der Waals surface area contributed by atoms with E-state index in [1.54, 1.807) is 25.1 Å². The number of rotatable bonds is 5. The number of para-hydroxylation sites is 1. The van der Waals surface area contributed by atoms with Crippen molar-refractivity contribution in [3.8, 4) is 0 Å². The van der Waals surface area contributed by atoms with E-state index in [-0.39, 0.29) is 5.91 Å². The van der Waals surface area contributed by atoms with Gasteiger partial charge in [0.25, 0.3) is 5.91 Å². The molecule has 2 N–H and O–H groups in total. The maximum Gasteiger partial charge on any atom is 0.262 e. The molecule has 25 heavy (non-hydrogen) atoms. The first-order valence-corrected chi connectivity index (χ1v) is 9.00. The van der Waals surface area contributed by atoms with Gasteiger partial charge < -0.3 is 5.32 Å². The number of hydrogen-bond acceptors (Lipinski definition) is 5. The van der Waals surface area contributed by atoms with E-state index < -0.39 is 6.04 Å². The Bertz CT molecular complexity index is 908. The molecular formula is C17H14Cl2N4OS. The van der Waals surface area contributed by atoms with Crippen LogP contribution in [0.3, 0.4) is 0 Å². The molecule has 0 bridgehead atoms. The lowest BCUT2D eigenvalue weighted by atomic mass is 10.2. The monoisotopic (exact) mass is 392 g/mol. The summed E-state index contributed by atoms with van der Waals surface area (Å²) in [6, 6.07) is 12.4. The van der Waals surface area contributed by atoms with E-state index in [0.717, 1.165) is 10.2 Å².